The number of fused-ring (bicyclic) bond motifs is 5. The molecule has 4 aliphatic heterocycles. The van der Waals surface area contributed by atoms with E-state index in [9.17, 15) is 10.2 Å². The summed E-state index contributed by atoms with van der Waals surface area (Å²) in [5.74, 6) is -0.166. The van der Waals surface area contributed by atoms with Gasteiger partial charge in [0.15, 0.2) is 0 Å². The number of aromatic amines is 1. The van der Waals surface area contributed by atoms with Gasteiger partial charge < -0.3 is 15.2 Å². The van der Waals surface area contributed by atoms with Crippen LogP contribution in [0.3, 0.4) is 0 Å². The van der Waals surface area contributed by atoms with Gasteiger partial charge in [-0.3, -0.25) is 0 Å². The second-order valence-electron chi connectivity index (χ2n) is 6.59. The summed E-state index contributed by atoms with van der Waals surface area (Å²) in [5, 5.41) is 19.8. The van der Waals surface area contributed by atoms with Crippen LogP contribution in [0.4, 0.5) is 0 Å². The van der Waals surface area contributed by atoms with Gasteiger partial charge in [-0.1, -0.05) is 0 Å². The maximum atomic E-state index is 10.3. The molecule has 5 heterocycles. The van der Waals surface area contributed by atoms with Gasteiger partial charge in [0.25, 0.3) is 0 Å². The summed E-state index contributed by atoms with van der Waals surface area (Å²) in [5.41, 5.74) is 6.50. The van der Waals surface area contributed by atoms with Crippen molar-refractivity contribution in [2.45, 2.75) is 0 Å². The molecule has 0 atom stereocenters. The quantitative estimate of drug-likeness (QED) is 0.663. The fourth-order valence-corrected chi connectivity index (χ4v) is 3.32. The van der Waals surface area contributed by atoms with Crippen LogP contribution in [-0.4, -0.2) is 38.9 Å². The van der Waals surface area contributed by atoms with Gasteiger partial charge in [0.05, 0.1) is 39.8 Å². The number of nitrogens with one attached hydrogen (secondary N) is 1. The summed E-state index contributed by atoms with van der Waals surface area (Å²) in [6, 6.07) is 3.96. The van der Waals surface area contributed by atoms with Crippen LogP contribution in [0.5, 0.6) is 0 Å². The first kappa shape index (κ1) is 16.4. The molecule has 1 aromatic rings. The molecule has 6 nitrogen and oxygen atoms in total. The molecule has 0 spiro atoms. The summed E-state index contributed by atoms with van der Waals surface area (Å²) in [6.45, 7) is -0.489. The monoisotopic (exact) mass is 368 g/mol. The maximum absolute atomic E-state index is 10.3. The van der Waals surface area contributed by atoms with Crippen LogP contribution in [0.1, 0.15) is 11.4 Å². The summed E-state index contributed by atoms with van der Waals surface area (Å²) < 4.78 is 0. The lowest BCUT2D eigenvalue weighted by Crippen LogP contribution is -2.12. The molecule has 136 valence electrons. The summed E-state index contributed by atoms with van der Waals surface area (Å²) in [4.78, 5) is 17.1. The van der Waals surface area contributed by atoms with Gasteiger partial charge in [-0.15, -0.1) is 0 Å². The topological polar surface area (TPSA) is 93.3 Å². The van der Waals surface area contributed by atoms with E-state index in [1.807, 2.05) is 60.7 Å². The summed E-state index contributed by atoms with van der Waals surface area (Å²) in [6.07, 6.45) is 17.0. The lowest BCUT2D eigenvalue weighted by Gasteiger charge is -2.07. The highest BCUT2D eigenvalue weighted by Crippen LogP contribution is 2.24. The van der Waals surface area contributed by atoms with Crippen molar-refractivity contribution in [1.82, 2.24) is 4.98 Å². The van der Waals surface area contributed by atoms with Gasteiger partial charge in [0, 0.05) is 11.4 Å². The zero-order valence-electron chi connectivity index (χ0n) is 14.8. The molecular formula is C22H16N4O2. The molecule has 1 aromatic heterocycles. The van der Waals surface area contributed by atoms with E-state index in [2.05, 4.69) is 20.0 Å². The number of aromatic nitrogens is 1. The number of hydrogen-bond acceptors (Lipinski definition) is 5. The average molecular weight is 368 g/mol. The van der Waals surface area contributed by atoms with Crippen LogP contribution in [0.15, 0.2) is 98.1 Å². The smallest absolute Gasteiger partial charge is 0.129 e. The highest BCUT2D eigenvalue weighted by atomic mass is 16.3. The number of rotatable bonds is 1. The number of allylic oxidation sites excluding steroid dienone is 8. The Labute approximate surface area is 161 Å². The van der Waals surface area contributed by atoms with Crippen molar-refractivity contribution in [3.05, 3.63) is 94.5 Å². The van der Waals surface area contributed by atoms with Crippen molar-refractivity contribution in [3.63, 3.8) is 0 Å². The van der Waals surface area contributed by atoms with Crippen molar-refractivity contribution < 1.29 is 10.2 Å². The van der Waals surface area contributed by atoms with Crippen molar-refractivity contribution in [2.75, 3.05) is 6.61 Å². The van der Waals surface area contributed by atoms with Crippen molar-refractivity contribution in [3.8, 4) is 0 Å². The predicted molar refractivity (Wildman–Crippen MR) is 111 cm³/mol. The minimum absolute atomic E-state index is 0.166. The molecule has 0 aliphatic carbocycles. The lowest BCUT2D eigenvalue weighted by molar-refractivity contribution is 0.252. The molecule has 4 aliphatic rings. The average Bonchev–Trinajstić information content (AvgIpc) is 3.46. The molecule has 0 radical (unpaired) electrons. The number of aliphatic hydroxyl groups is 2. The van der Waals surface area contributed by atoms with Crippen LogP contribution in [0, 0.1) is 0 Å². The minimum Gasteiger partial charge on any atom is -0.509 e. The van der Waals surface area contributed by atoms with Crippen LogP contribution in [0.2, 0.25) is 0 Å². The van der Waals surface area contributed by atoms with Crippen molar-refractivity contribution in [1.29, 1.82) is 0 Å². The number of nitrogens with zero attached hydrogens (tertiary/aromatic N) is 3. The molecule has 5 rings (SSSR count). The van der Waals surface area contributed by atoms with Gasteiger partial charge in [0.1, 0.15) is 12.4 Å². The van der Waals surface area contributed by atoms with Gasteiger partial charge in [-0.05, 0) is 66.8 Å². The van der Waals surface area contributed by atoms with Crippen LogP contribution >= 0.6 is 0 Å². The minimum atomic E-state index is -0.489. The van der Waals surface area contributed by atoms with Crippen molar-refractivity contribution in [2.24, 2.45) is 15.0 Å². The van der Waals surface area contributed by atoms with E-state index in [1.165, 1.54) is 0 Å². The molecule has 0 amide bonds. The highest BCUT2D eigenvalue weighted by Gasteiger charge is 2.21. The Morgan fingerprint density at radius 2 is 1.32 bits per heavy atom. The van der Waals surface area contributed by atoms with Crippen LogP contribution in [-0.2, 0) is 0 Å². The first-order valence-corrected chi connectivity index (χ1v) is 8.86. The Hall–Kier alpha value is -3.77. The van der Waals surface area contributed by atoms with E-state index in [-0.39, 0.29) is 5.76 Å². The standard InChI is InChI=1S/C22H16N4O2/c27-12-21(28)22-19-7-5-17(25-19)10-15-3-1-13(23-15)9-14-2-4-16(24-14)11-18-6-8-20(22)26-18/h1-11,23,27-28H,12H2. The molecule has 6 heteroatoms. The molecule has 8 bridgehead atoms. The fourth-order valence-electron chi connectivity index (χ4n) is 3.32. The second kappa shape index (κ2) is 6.44. The van der Waals surface area contributed by atoms with Gasteiger partial charge >= 0.3 is 0 Å². The number of hydrogen-bond donors (Lipinski definition) is 3. The zero-order chi connectivity index (χ0) is 19.1. The Morgan fingerprint density at radius 3 is 1.96 bits per heavy atom. The van der Waals surface area contributed by atoms with E-state index in [4.69, 9.17) is 0 Å². The Balaban J connectivity index is 1.70. The van der Waals surface area contributed by atoms with E-state index in [1.54, 1.807) is 6.08 Å². The molecule has 0 aromatic carbocycles. The summed E-state index contributed by atoms with van der Waals surface area (Å²) in [7, 11) is 0. The molecule has 0 unspecified atom stereocenters. The first-order valence-electron chi connectivity index (χ1n) is 8.86. The Kier molecular flexibility index (Phi) is 3.77. The highest BCUT2D eigenvalue weighted by molar-refractivity contribution is 6.33. The third-order valence-electron chi connectivity index (χ3n) is 4.59. The third-order valence-corrected chi connectivity index (χ3v) is 4.59. The molecule has 0 saturated heterocycles. The first-order chi connectivity index (χ1) is 13.7. The van der Waals surface area contributed by atoms with E-state index in [0.717, 1.165) is 34.2 Å². The Morgan fingerprint density at radius 1 is 0.750 bits per heavy atom. The maximum Gasteiger partial charge on any atom is 0.129 e. The Bertz CT molecular complexity index is 1190. The van der Waals surface area contributed by atoms with Crippen LogP contribution < -0.4 is 0 Å². The molecule has 0 saturated carbocycles. The molecular weight excluding hydrogens is 352 g/mol. The zero-order valence-corrected chi connectivity index (χ0v) is 14.8. The van der Waals surface area contributed by atoms with Gasteiger partial charge in [-0.2, -0.15) is 0 Å². The summed E-state index contributed by atoms with van der Waals surface area (Å²) >= 11 is 0. The molecule has 3 N–H and O–H groups in total. The fraction of sp³-hybridized carbons (Fsp3) is 0.0455. The van der Waals surface area contributed by atoms with Gasteiger partial charge in [0.2, 0.25) is 0 Å². The molecule has 0 fully saturated rings. The largest absolute Gasteiger partial charge is 0.509 e. The third kappa shape index (κ3) is 2.95. The van der Waals surface area contributed by atoms with E-state index < -0.39 is 6.61 Å². The second-order valence-corrected chi connectivity index (χ2v) is 6.59. The number of aliphatic imine (C=N–C) groups is 3. The SMILES string of the molecule is OCC(O)=C1C2=NC(=CC3=NC(=Cc4ccc([nH]4)C=C4C=CC1=N4)C=C3)C=C2. The van der Waals surface area contributed by atoms with Crippen molar-refractivity contribution >= 4 is 29.3 Å². The number of aliphatic hydroxyl groups excluding tert-OH is 2. The normalized spacial score (nSPS) is 21.2. The number of H-pyrrole nitrogens is 1. The molecule has 28 heavy (non-hydrogen) atoms. The van der Waals surface area contributed by atoms with E-state index in [0.29, 0.717) is 17.0 Å². The van der Waals surface area contributed by atoms with Crippen LogP contribution in [0.25, 0.3) is 12.2 Å². The lowest BCUT2D eigenvalue weighted by atomic mass is 10.0. The van der Waals surface area contributed by atoms with Gasteiger partial charge in [-0.25, -0.2) is 15.0 Å². The van der Waals surface area contributed by atoms with E-state index >= 15 is 0 Å². The predicted octanol–water partition coefficient (Wildman–Crippen LogP) is 3.43.